The van der Waals surface area contributed by atoms with Gasteiger partial charge in [-0.2, -0.15) is 5.26 Å². The number of nitrogens with zero attached hydrogens (tertiary/aromatic N) is 3. The first-order valence-electron chi connectivity index (χ1n) is 4.33. The summed E-state index contributed by atoms with van der Waals surface area (Å²) < 4.78 is 0. The Balaban J connectivity index is 3.08. The Morgan fingerprint density at radius 3 is 2.38 bits per heavy atom. The van der Waals surface area contributed by atoms with Gasteiger partial charge in [-0.05, 0) is 25.8 Å². The number of nitriles is 1. The van der Waals surface area contributed by atoms with E-state index >= 15 is 0 Å². The van der Waals surface area contributed by atoms with Crippen molar-refractivity contribution in [1.29, 1.82) is 5.26 Å². The Kier molecular flexibility index (Phi) is 2.62. The molecule has 0 bridgehead atoms. The van der Waals surface area contributed by atoms with Crippen LogP contribution in [-0.2, 0) is 5.41 Å². The van der Waals surface area contributed by atoms with Gasteiger partial charge >= 0.3 is 0 Å². The molecule has 1 aromatic rings. The van der Waals surface area contributed by atoms with Gasteiger partial charge < -0.3 is 0 Å². The third-order valence-corrected chi connectivity index (χ3v) is 2.23. The lowest BCUT2D eigenvalue weighted by molar-refractivity contribution is 0.546. The Bertz CT molecular complexity index is 323. The van der Waals surface area contributed by atoms with Gasteiger partial charge in [-0.3, -0.25) is 0 Å². The lowest BCUT2D eigenvalue weighted by Crippen LogP contribution is -2.21. The van der Waals surface area contributed by atoms with Crippen molar-refractivity contribution in [3.63, 3.8) is 0 Å². The molecule has 0 N–H and O–H groups in total. The molecule has 0 fully saturated rings. The molecular formula is C10H13N3. The van der Waals surface area contributed by atoms with Crippen molar-refractivity contribution < 1.29 is 0 Å². The summed E-state index contributed by atoms with van der Waals surface area (Å²) >= 11 is 0. The van der Waals surface area contributed by atoms with Crippen LogP contribution in [0.4, 0.5) is 0 Å². The number of rotatable bonds is 2. The summed E-state index contributed by atoms with van der Waals surface area (Å²) in [6, 6.07) is 2.24. The lowest BCUT2D eigenvalue weighted by Gasteiger charge is -2.16. The molecule has 68 valence electrons. The zero-order chi connectivity index (χ0) is 9.90. The highest BCUT2D eigenvalue weighted by atomic mass is 14.9. The van der Waals surface area contributed by atoms with Gasteiger partial charge in [-0.1, -0.05) is 6.92 Å². The molecule has 0 aliphatic heterocycles. The third kappa shape index (κ3) is 1.83. The maximum Gasteiger partial charge on any atom is 0.148 e. The fraction of sp³-hybridized carbons (Fsp3) is 0.500. The fourth-order valence-electron chi connectivity index (χ4n) is 0.965. The molecule has 1 aromatic heterocycles. The molecule has 0 saturated heterocycles. The molecule has 3 heteroatoms. The van der Waals surface area contributed by atoms with Crippen LogP contribution in [0.1, 0.15) is 31.7 Å². The van der Waals surface area contributed by atoms with Gasteiger partial charge in [0.1, 0.15) is 11.2 Å². The van der Waals surface area contributed by atoms with Gasteiger partial charge in [-0.15, -0.1) is 0 Å². The average Bonchev–Trinajstić information content (AvgIpc) is 2.18. The SMILES string of the molecule is CCC(C)(C#N)c1ncc(C)cn1. The molecule has 1 rings (SSSR count). The van der Waals surface area contributed by atoms with E-state index in [0.29, 0.717) is 5.82 Å². The second kappa shape index (κ2) is 3.53. The highest BCUT2D eigenvalue weighted by Gasteiger charge is 2.26. The maximum atomic E-state index is 8.98. The van der Waals surface area contributed by atoms with Gasteiger partial charge in [0.25, 0.3) is 0 Å². The third-order valence-electron chi connectivity index (χ3n) is 2.23. The van der Waals surface area contributed by atoms with Crippen LogP contribution in [0.15, 0.2) is 12.4 Å². The Morgan fingerprint density at radius 2 is 2.00 bits per heavy atom. The number of aryl methyl sites for hydroxylation is 1. The normalized spacial score (nSPS) is 14.6. The lowest BCUT2D eigenvalue weighted by atomic mass is 9.88. The second-order valence-electron chi connectivity index (χ2n) is 3.38. The second-order valence-corrected chi connectivity index (χ2v) is 3.38. The van der Waals surface area contributed by atoms with Crippen molar-refractivity contribution in [1.82, 2.24) is 9.97 Å². The Labute approximate surface area is 78.5 Å². The molecular weight excluding hydrogens is 162 g/mol. The van der Waals surface area contributed by atoms with Gasteiger partial charge in [0.15, 0.2) is 0 Å². The van der Waals surface area contributed by atoms with E-state index in [9.17, 15) is 0 Å². The standard InChI is InChI=1S/C10H13N3/c1-4-10(3,7-11)9-12-5-8(2)6-13-9/h5-6H,4H2,1-3H3. The molecule has 0 spiro atoms. The predicted octanol–water partition coefficient (Wildman–Crippen LogP) is 1.98. The van der Waals surface area contributed by atoms with E-state index in [4.69, 9.17) is 5.26 Å². The Morgan fingerprint density at radius 1 is 1.46 bits per heavy atom. The summed E-state index contributed by atoms with van der Waals surface area (Å²) in [7, 11) is 0. The van der Waals surface area contributed by atoms with E-state index in [-0.39, 0.29) is 0 Å². The molecule has 0 aromatic carbocycles. The molecule has 0 aliphatic carbocycles. The first-order valence-corrected chi connectivity index (χ1v) is 4.33. The molecule has 3 nitrogen and oxygen atoms in total. The maximum absolute atomic E-state index is 8.98. The zero-order valence-electron chi connectivity index (χ0n) is 8.20. The molecule has 1 heterocycles. The summed E-state index contributed by atoms with van der Waals surface area (Å²) in [4.78, 5) is 8.32. The van der Waals surface area contributed by atoms with E-state index in [1.807, 2.05) is 20.8 Å². The molecule has 0 amide bonds. The predicted molar refractivity (Wildman–Crippen MR) is 50.0 cm³/mol. The van der Waals surface area contributed by atoms with Gasteiger partial charge in [0.05, 0.1) is 6.07 Å². The van der Waals surface area contributed by atoms with E-state index in [2.05, 4.69) is 16.0 Å². The van der Waals surface area contributed by atoms with Crippen molar-refractivity contribution >= 4 is 0 Å². The molecule has 1 atom stereocenters. The van der Waals surface area contributed by atoms with Crippen LogP contribution in [0.2, 0.25) is 0 Å². The van der Waals surface area contributed by atoms with Crippen molar-refractivity contribution in [2.24, 2.45) is 0 Å². The molecule has 13 heavy (non-hydrogen) atoms. The highest BCUT2D eigenvalue weighted by Crippen LogP contribution is 2.22. The fourth-order valence-corrected chi connectivity index (χ4v) is 0.965. The minimum absolute atomic E-state index is 0.548. The van der Waals surface area contributed by atoms with Crippen LogP contribution in [0.5, 0.6) is 0 Å². The number of hydrogen-bond acceptors (Lipinski definition) is 3. The molecule has 0 aliphatic rings. The smallest absolute Gasteiger partial charge is 0.148 e. The van der Waals surface area contributed by atoms with Gasteiger partial charge in [0, 0.05) is 12.4 Å². The van der Waals surface area contributed by atoms with Crippen LogP contribution in [-0.4, -0.2) is 9.97 Å². The van der Waals surface area contributed by atoms with Crippen molar-refractivity contribution in [2.45, 2.75) is 32.6 Å². The Hall–Kier alpha value is -1.43. The largest absolute Gasteiger partial charge is 0.239 e. The summed E-state index contributed by atoms with van der Waals surface area (Å²) in [6.45, 7) is 5.75. The summed E-state index contributed by atoms with van der Waals surface area (Å²) in [5.74, 6) is 0.614. The first-order chi connectivity index (χ1) is 6.12. The van der Waals surface area contributed by atoms with E-state index in [0.717, 1.165) is 12.0 Å². The number of hydrogen-bond donors (Lipinski definition) is 0. The molecule has 0 radical (unpaired) electrons. The summed E-state index contributed by atoms with van der Waals surface area (Å²) in [5.41, 5.74) is 0.466. The monoisotopic (exact) mass is 175 g/mol. The van der Waals surface area contributed by atoms with Crippen LogP contribution >= 0.6 is 0 Å². The topological polar surface area (TPSA) is 49.6 Å². The quantitative estimate of drug-likeness (QED) is 0.690. The van der Waals surface area contributed by atoms with Crippen LogP contribution in [0.25, 0.3) is 0 Å². The van der Waals surface area contributed by atoms with Crippen LogP contribution in [0, 0.1) is 18.3 Å². The summed E-state index contributed by atoms with van der Waals surface area (Å²) in [5, 5.41) is 8.98. The van der Waals surface area contributed by atoms with Crippen molar-refractivity contribution in [3.05, 3.63) is 23.8 Å². The van der Waals surface area contributed by atoms with E-state index in [1.165, 1.54) is 0 Å². The van der Waals surface area contributed by atoms with Gasteiger partial charge in [-0.25, -0.2) is 9.97 Å². The van der Waals surface area contributed by atoms with Crippen molar-refractivity contribution in [3.8, 4) is 6.07 Å². The first kappa shape index (κ1) is 9.66. The van der Waals surface area contributed by atoms with Gasteiger partial charge in [0.2, 0.25) is 0 Å². The van der Waals surface area contributed by atoms with Crippen LogP contribution in [0.3, 0.4) is 0 Å². The minimum atomic E-state index is -0.548. The van der Waals surface area contributed by atoms with E-state index < -0.39 is 5.41 Å². The highest BCUT2D eigenvalue weighted by molar-refractivity contribution is 5.18. The molecule has 1 unspecified atom stereocenters. The minimum Gasteiger partial charge on any atom is -0.239 e. The van der Waals surface area contributed by atoms with E-state index in [1.54, 1.807) is 12.4 Å². The van der Waals surface area contributed by atoms with Crippen LogP contribution < -0.4 is 0 Å². The average molecular weight is 175 g/mol. The zero-order valence-corrected chi connectivity index (χ0v) is 8.20. The summed E-state index contributed by atoms with van der Waals surface area (Å²) in [6.07, 6.45) is 4.22. The van der Waals surface area contributed by atoms with Crippen molar-refractivity contribution in [2.75, 3.05) is 0 Å². The molecule has 0 saturated carbocycles. The number of aromatic nitrogens is 2.